The normalized spacial score (nSPS) is 13.7. The lowest BCUT2D eigenvalue weighted by Crippen LogP contribution is -2.53. The molecule has 1 rings (SSSR count). The molecule has 0 aliphatic rings. The van der Waals surface area contributed by atoms with E-state index in [1.54, 1.807) is 0 Å². The summed E-state index contributed by atoms with van der Waals surface area (Å²) in [6.45, 7) is 1.83. The second-order valence-electron chi connectivity index (χ2n) is 4.15. The van der Waals surface area contributed by atoms with Crippen LogP contribution in [-0.2, 0) is 12.0 Å². The topological polar surface area (TPSA) is 20.2 Å². The van der Waals surface area contributed by atoms with Gasteiger partial charge in [0.25, 0.3) is 5.60 Å². The van der Waals surface area contributed by atoms with Gasteiger partial charge in [0.15, 0.2) is 0 Å². The van der Waals surface area contributed by atoms with Crippen molar-refractivity contribution in [2.45, 2.75) is 37.7 Å². The number of hydrogen-bond acceptors (Lipinski definition) is 1. The predicted octanol–water partition coefficient (Wildman–Crippen LogP) is 3.95. The Morgan fingerprint density at radius 2 is 1.32 bits per heavy atom. The Kier molecular flexibility index (Phi) is 4.19. The largest absolute Gasteiger partial charge is 0.430 e. The molecule has 0 saturated heterocycles. The third-order valence-electron chi connectivity index (χ3n) is 2.73. The lowest BCUT2D eigenvalue weighted by atomic mass is 9.91. The molecule has 7 heteroatoms. The lowest BCUT2D eigenvalue weighted by molar-refractivity contribution is -0.376. The molecule has 0 radical (unpaired) electrons. The highest BCUT2D eigenvalue weighted by Gasteiger charge is 2.71. The minimum Gasteiger partial charge on any atom is -0.369 e. The van der Waals surface area contributed by atoms with Gasteiger partial charge >= 0.3 is 12.4 Å². The van der Waals surface area contributed by atoms with E-state index in [-0.39, 0.29) is 0 Å². The fourth-order valence-corrected chi connectivity index (χ4v) is 1.69. The van der Waals surface area contributed by atoms with Crippen LogP contribution >= 0.6 is 0 Å². The third kappa shape index (κ3) is 2.86. The molecule has 0 aromatic heterocycles. The van der Waals surface area contributed by atoms with Gasteiger partial charge in [-0.3, -0.25) is 0 Å². The minimum atomic E-state index is -5.84. The number of halogens is 6. The van der Waals surface area contributed by atoms with Gasteiger partial charge in [-0.2, -0.15) is 26.3 Å². The van der Waals surface area contributed by atoms with Crippen LogP contribution in [0.2, 0.25) is 0 Å². The summed E-state index contributed by atoms with van der Waals surface area (Å²) in [5.41, 5.74) is -5.46. The summed E-state index contributed by atoms with van der Waals surface area (Å²) in [6, 6.07) is 3.63. The molecule has 0 amide bonds. The number of rotatable bonds is 3. The van der Waals surface area contributed by atoms with Gasteiger partial charge in [-0.05, 0) is 12.0 Å². The van der Waals surface area contributed by atoms with Crippen molar-refractivity contribution in [2.24, 2.45) is 0 Å². The summed E-state index contributed by atoms with van der Waals surface area (Å²) in [4.78, 5) is 0. The maximum atomic E-state index is 12.6. The van der Waals surface area contributed by atoms with Crippen molar-refractivity contribution in [1.82, 2.24) is 0 Å². The molecule has 0 bridgehead atoms. The number of alkyl halides is 6. The summed E-state index contributed by atoms with van der Waals surface area (Å²) in [7, 11) is 0. The van der Waals surface area contributed by atoms with Gasteiger partial charge in [0.2, 0.25) is 0 Å². The smallest absolute Gasteiger partial charge is 0.369 e. The first kappa shape index (κ1) is 15.8. The monoisotopic (exact) mass is 286 g/mol. The van der Waals surface area contributed by atoms with E-state index in [0.29, 0.717) is 30.5 Å². The molecule has 0 aliphatic carbocycles. The summed E-state index contributed by atoms with van der Waals surface area (Å²) >= 11 is 0. The Balaban J connectivity index is 3.28. The van der Waals surface area contributed by atoms with Crippen LogP contribution in [0.5, 0.6) is 0 Å². The Bertz CT molecular complexity index is 403. The van der Waals surface area contributed by atoms with Gasteiger partial charge in [0.05, 0.1) is 0 Å². The van der Waals surface area contributed by atoms with E-state index in [9.17, 15) is 26.3 Å². The Morgan fingerprint density at radius 3 is 1.63 bits per heavy atom. The van der Waals surface area contributed by atoms with E-state index in [1.165, 1.54) is 0 Å². The van der Waals surface area contributed by atoms with Crippen LogP contribution in [0.25, 0.3) is 0 Å². The van der Waals surface area contributed by atoms with Crippen molar-refractivity contribution in [2.75, 3.05) is 0 Å². The number of aliphatic hydroxyl groups is 1. The van der Waals surface area contributed by atoms with Crippen LogP contribution in [-0.4, -0.2) is 17.5 Å². The molecule has 0 unspecified atom stereocenters. The van der Waals surface area contributed by atoms with E-state index in [1.807, 2.05) is 6.92 Å². The maximum Gasteiger partial charge on any atom is 0.430 e. The van der Waals surface area contributed by atoms with Gasteiger partial charge in [0.1, 0.15) is 0 Å². The van der Waals surface area contributed by atoms with E-state index in [0.717, 1.165) is 12.1 Å². The molecule has 0 saturated carbocycles. The number of hydrogen-bond donors (Lipinski definition) is 1. The molecule has 1 nitrogen and oxygen atoms in total. The third-order valence-corrected chi connectivity index (χ3v) is 2.73. The molecule has 19 heavy (non-hydrogen) atoms. The average molecular weight is 286 g/mol. The molecular formula is C12H12F6O. The fraction of sp³-hybridized carbons (Fsp3) is 0.500. The fourth-order valence-electron chi connectivity index (χ4n) is 1.69. The lowest BCUT2D eigenvalue weighted by Gasteiger charge is -2.32. The molecule has 108 valence electrons. The molecular weight excluding hydrogens is 274 g/mol. The van der Waals surface area contributed by atoms with Crippen LogP contribution in [0.1, 0.15) is 24.5 Å². The molecule has 0 heterocycles. The average Bonchev–Trinajstić information content (AvgIpc) is 2.26. The van der Waals surface area contributed by atoms with Crippen molar-refractivity contribution in [3.63, 3.8) is 0 Å². The second-order valence-corrected chi connectivity index (χ2v) is 4.15. The molecule has 1 aromatic carbocycles. The van der Waals surface area contributed by atoms with Gasteiger partial charge in [-0.1, -0.05) is 37.6 Å². The van der Waals surface area contributed by atoms with E-state index in [2.05, 4.69) is 0 Å². The first-order chi connectivity index (χ1) is 8.54. The number of benzene rings is 1. The maximum absolute atomic E-state index is 12.6. The van der Waals surface area contributed by atoms with Crippen LogP contribution in [0.3, 0.4) is 0 Å². The molecule has 1 N–H and O–H groups in total. The molecule has 0 fully saturated rings. The van der Waals surface area contributed by atoms with Crippen LogP contribution in [0.4, 0.5) is 26.3 Å². The van der Waals surface area contributed by atoms with Crippen LogP contribution in [0, 0.1) is 0 Å². The highest BCUT2D eigenvalue weighted by Crippen LogP contribution is 2.49. The summed E-state index contributed by atoms with van der Waals surface area (Å²) in [6.07, 6.45) is -10.4. The van der Waals surface area contributed by atoms with Crippen molar-refractivity contribution < 1.29 is 31.4 Å². The molecule has 0 aliphatic heterocycles. The zero-order chi connectivity index (χ0) is 14.9. The second kappa shape index (κ2) is 5.03. The Morgan fingerprint density at radius 1 is 0.895 bits per heavy atom. The summed E-state index contributed by atoms with van der Waals surface area (Å²) in [5, 5.41) is 9.13. The summed E-state index contributed by atoms with van der Waals surface area (Å²) < 4.78 is 75.4. The zero-order valence-corrected chi connectivity index (χ0v) is 9.94. The quantitative estimate of drug-likeness (QED) is 0.834. The van der Waals surface area contributed by atoms with E-state index in [4.69, 9.17) is 5.11 Å². The van der Waals surface area contributed by atoms with Crippen molar-refractivity contribution in [3.05, 3.63) is 35.4 Å². The molecule has 0 atom stereocenters. The summed E-state index contributed by atoms with van der Waals surface area (Å²) in [5.74, 6) is 0. The number of aryl methyl sites for hydroxylation is 1. The SMILES string of the molecule is CCCc1ccc(C(O)(C(F)(F)F)C(F)(F)F)cc1. The zero-order valence-electron chi connectivity index (χ0n) is 9.94. The first-order valence-electron chi connectivity index (χ1n) is 5.49. The van der Waals surface area contributed by atoms with Crippen LogP contribution < -0.4 is 0 Å². The van der Waals surface area contributed by atoms with E-state index >= 15 is 0 Å². The standard InChI is InChI=1S/C12H12F6O/c1-2-3-8-4-6-9(7-5-8)10(19,11(13,14)15)12(16,17)18/h4-7,19H,2-3H2,1H3. The Labute approximate surface area is 105 Å². The predicted molar refractivity (Wildman–Crippen MR) is 56.4 cm³/mol. The first-order valence-corrected chi connectivity index (χ1v) is 5.49. The van der Waals surface area contributed by atoms with Gasteiger partial charge in [0, 0.05) is 5.56 Å². The Hall–Kier alpha value is -1.24. The van der Waals surface area contributed by atoms with Gasteiger partial charge in [-0.15, -0.1) is 0 Å². The van der Waals surface area contributed by atoms with Gasteiger partial charge in [-0.25, -0.2) is 0 Å². The van der Waals surface area contributed by atoms with Crippen molar-refractivity contribution in [1.29, 1.82) is 0 Å². The molecule has 0 spiro atoms. The van der Waals surface area contributed by atoms with Gasteiger partial charge < -0.3 is 5.11 Å². The van der Waals surface area contributed by atoms with Crippen molar-refractivity contribution >= 4 is 0 Å². The minimum absolute atomic E-state index is 0.538. The van der Waals surface area contributed by atoms with Crippen LogP contribution in [0.15, 0.2) is 24.3 Å². The van der Waals surface area contributed by atoms with Crippen molar-refractivity contribution in [3.8, 4) is 0 Å². The molecule has 1 aromatic rings. The highest BCUT2D eigenvalue weighted by molar-refractivity contribution is 5.30. The van der Waals surface area contributed by atoms with E-state index < -0.39 is 23.5 Å². The highest BCUT2D eigenvalue weighted by atomic mass is 19.4.